The summed E-state index contributed by atoms with van der Waals surface area (Å²) in [6.45, 7) is 6.63. The highest BCUT2D eigenvalue weighted by atomic mass is 15.3. The lowest BCUT2D eigenvalue weighted by Crippen LogP contribution is -2.07. The normalized spacial score (nSPS) is 10.7. The van der Waals surface area contributed by atoms with E-state index in [1.165, 1.54) is 5.56 Å². The molecule has 0 unspecified atom stereocenters. The van der Waals surface area contributed by atoms with Crippen LogP contribution in [-0.4, -0.2) is 14.8 Å². The summed E-state index contributed by atoms with van der Waals surface area (Å²) in [7, 11) is 0. The maximum Gasteiger partial charge on any atom is 0.0838 e. The second-order valence-corrected chi connectivity index (χ2v) is 4.01. The van der Waals surface area contributed by atoms with Crippen molar-refractivity contribution in [3.8, 4) is 0 Å². The fraction of sp³-hybridized carbons (Fsp3) is 0.333. The Morgan fingerprint density at radius 2 is 2.06 bits per heavy atom. The lowest BCUT2D eigenvalue weighted by Gasteiger charge is -2.06. The van der Waals surface area contributed by atoms with Crippen LogP contribution < -0.4 is 5.73 Å². The SMILES string of the molecule is Cc1cccnc1Cn1nc(C)c(N)c1C. The van der Waals surface area contributed by atoms with E-state index in [4.69, 9.17) is 5.73 Å². The van der Waals surface area contributed by atoms with E-state index in [0.29, 0.717) is 6.54 Å². The van der Waals surface area contributed by atoms with Gasteiger partial charge in [0.05, 0.1) is 29.3 Å². The number of nitrogen functional groups attached to an aromatic ring is 1. The molecule has 0 aliphatic carbocycles. The molecule has 0 saturated carbocycles. The largest absolute Gasteiger partial charge is 0.396 e. The van der Waals surface area contributed by atoms with Gasteiger partial charge in [0.25, 0.3) is 0 Å². The molecule has 4 heteroatoms. The highest BCUT2D eigenvalue weighted by Gasteiger charge is 2.09. The molecule has 0 atom stereocenters. The smallest absolute Gasteiger partial charge is 0.0838 e. The first-order chi connectivity index (χ1) is 7.59. The summed E-state index contributed by atoms with van der Waals surface area (Å²) in [6.07, 6.45) is 1.80. The molecule has 2 heterocycles. The molecule has 2 rings (SSSR count). The number of hydrogen-bond acceptors (Lipinski definition) is 3. The summed E-state index contributed by atoms with van der Waals surface area (Å²) in [5, 5.41) is 4.40. The Morgan fingerprint density at radius 1 is 1.31 bits per heavy atom. The number of anilines is 1. The first-order valence-electron chi connectivity index (χ1n) is 5.29. The van der Waals surface area contributed by atoms with Gasteiger partial charge in [-0.2, -0.15) is 5.10 Å². The van der Waals surface area contributed by atoms with Gasteiger partial charge in [-0.1, -0.05) is 6.07 Å². The monoisotopic (exact) mass is 216 g/mol. The number of nitrogens with zero attached hydrogens (tertiary/aromatic N) is 3. The van der Waals surface area contributed by atoms with Crippen LogP contribution in [0.15, 0.2) is 18.3 Å². The molecular formula is C12H16N4. The molecule has 0 bridgehead atoms. The highest BCUT2D eigenvalue weighted by Crippen LogP contribution is 2.16. The van der Waals surface area contributed by atoms with Crippen molar-refractivity contribution in [3.63, 3.8) is 0 Å². The van der Waals surface area contributed by atoms with Crippen molar-refractivity contribution in [1.82, 2.24) is 14.8 Å². The van der Waals surface area contributed by atoms with Gasteiger partial charge in [0.1, 0.15) is 0 Å². The van der Waals surface area contributed by atoms with E-state index in [0.717, 1.165) is 22.8 Å². The molecule has 2 aromatic heterocycles. The molecular weight excluding hydrogens is 200 g/mol. The van der Waals surface area contributed by atoms with E-state index in [9.17, 15) is 0 Å². The van der Waals surface area contributed by atoms with Crippen molar-refractivity contribution in [2.24, 2.45) is 0 Å². The van der Waals surface area contributed by atoms with E-state index >= 15 is 0 Å². The van der Waals surface area contributed by atoms with Crippen LogP contribution in [0.1, 0.15) is 22.6 Å². The van der Waals surface area contributed by atoms with E-state index in [-0.39, 0.29) is 0 Å². The van der Waals surface area contributed by atoms with Crippen molar-refractivity contribution in [2.45, 2.75) is 27.3 Å². The fourth-order valence-corrected chi connectivity index (χ4v) is 1.69. The van der Waals surface area contributed by atoms with Gasteiger partial charge in [-0.05, 0) is 32.4 Å². The standard InChI is InChI=1S/C12H16N4/c1-8-5-4-6-14-11(8)7-16-10(3)12(13)9(2)15-16/h4-6H,7,13H2,1-3H3. The lowest BCUT2D eigenvalue weighted by atomic mass is 10.2. The molecule has 16 heavy (non-hydrogen) atoms. The Bertz CT molecular complexity index is 514. The highest BCUT2D eigenvalue weighted by molar-refractivity contribution is 5.47. The fourth-order valence-electron chi connectivity index (χ4n) is 1.69. The van der Waals surface area contributed by atoms with Crippen LogP contribution in [0.2, 0.25) is 0 Å². The van der Waals surface area contributed by atoms with Crippen molar-refractivity contribution in [1.29, 1.82) is 0 Å². The Kier molecular flexibility index (Phi) is 2.64. The molecule has 0 radical (unpaired) electrons. The average molecular weight is 216 g/mol. The summed E-state index contributed by atoms with van der Waals surface area (Å²) < 4.78 is 1.90. The van der Waals surface area contributed by atoms with Gasteiger partial charge in [-0.15, -0.1) is 0 Å². The van der Waals surface area contributed by atoms with Crippen LogP contribution in [0.25, 0.3) is 0 Å². The van der Waals surface area contributed by atoms with Crippen molar-refractivity contribution in [3.05, 3.63) is 41.0 Å². The Morgan fingerprint density at radius 3 is 2.62 bits per heavy atom. The predicted molar refractivity (Wildman–Crippen MR) is 64.2 cm³/mol. The van der Waals surface area contributed by atoms with Crippen molar-refractivity contribution >= 4 is 5.69 Å². The first kappa shape index (κ1) is 10.7. The van der Waals surface area contributed by atoms with Crippen molar-refractivity contribution in [2.75, 3.05) is 5.73 Å². The average Bonchev–Trinajstić information content (AvgIpc) is 2.50. The lowest BCUT2D eigenvalue weighted by molar-refractivity contribution is 0.644. The van der Waals surface area contributed by atoms with Crippen LogP contribution in [-0.2, 0) is 6.54 Å². The van der Waals surface area contributed by atoms with Gasteiger partial charge in [0.2, 0.25) is 0 Å². The Labute approximate surface area is 95.1 Å². The minimum absolute atomic E-state index is 0.677. The van der Waals surface area contributed by atoms with Crippen LogP contribution >= 0.6 is 0 Å². The van der Waals surface area contributed by atoms with Gasteiger partial charge in [-0.25, -0.2) is 0 Å². The maximum atomic E-state index is 5.89. The predicted octanol–water partition coefficient (Wildman–Crippen LogP) is 1.83. The minimum atomic E-state index is 0.677. The number of aromatic nitrogens is 3. The third kappa shape index (κ3) is 1.78. The van der Waals surface area contributed by atoms with E-state index in [1.54, 1.807) is 6.20 Å². The number of aryl methyl sites for hydroxylation is 2. The zero-order chi connectivity index (χ0) is 11.7. The zero-order valence-electron chi connectivity index (χ0n) is 9.86. The number of hydrogen-bond donors (Lipinski definition) is 1. The van der Waals surface area contributed by atoms with Gasteiger partial charge >= 0.3 is 0 Å². The summed E-state index contributed by atoms with van der Waals surface area (Å²) in [4.78, 5) is 4.35. The summed E-state index contributed by atoms with van der Waals surface area (Å²) in [5.74, 6) is 0. The third-order valence-corrected chi connectivity index (χ3v) is 2.85. The molecule has 2 N–H and O–H groups in total. The molecule has 0 amide bonds. The minimum Gasteiger partial charge on any atom is -0.396 e. The molecule has 0 spiro atoms. The summed E-state index contributed by atoms with van der Waals surface area (Å²) in [6, 6.07) is 3.99. The van der Waals surface area contributed by atoms with Crippen LogP contribution in [0.5, 0.6) is 0 Å². The molecule has 84 valence electrons. The third-order valence-electron chi connectivity index (χ3n) is 2.85. The molecule has 0 aliphatic heterocycles. The Hall–Kier alpha value is -1.84. The topological polar surface area (TPSA) is 56.7 Å². The van der Waals surface area contributed by atoms with Crippen LogP contribution in [0, 0.1) is 20.8 Å². The number of pyridine rings is 1. The molecule has 0 fully saturated rings. The molecule has 0 aromatic carbocycles. The Balaban J connectivity index is 2.34. The molecule has 2 aromatic rings. The van der Waals surface area contributed by atoms with E-state index in [2.05, 4.69) is 23.1 Å². The van der Waals surface area contributed by atoms with Crippen LogP contribution in [0.3, 0.4) is 0 Å². The van der Waals surface area contributed by atoms with Gasteiger partial charge < -0.3 is 5.73 Å². The zero-order valence-corrected chi connectivity index (χ0v) is 9.86. The van der Waals surface area contributed by atoms with E-state index in [1.807, 2.05) is 24.6 Å². The summed E-state index contributed by atoms with van der Waals surface area (Å²) >= 11 is 0. The quantitative estimate of drug-likeness (QED) is 0.833. The first-order valence-corrected chi connectivity index (χ1v) is 5.29. The van der Waals surface area contributed by atoms with E-state index < -0.39 is 0 Å². The number of nitrogens with two attached hydrogens (primary N) is 1. The van der Waals surface area contributed by atoms with Gasteiger partial charge in [0, 0.05) is 6.20 Å². The van der Waals surface area contributed by atoms with Gasteiger partial charge in [-0.3, -0.25) is 9.67 Å². The molecule has 0 saturated heterocycles. The van der Waals surface area contributed by atoms with Crippen LogP contribution in [0.4, 0.5) is 5.69 Å². The van der Waals surface area contributed by atoms with Crippen molar-refractivity contribution < 1.29 is 0 Å². The number of rotatable bonds is 2. The maximum absolute atomic E-state index is 5.89. The van der Waals surface area contributed by atoms with Gasteiger partial charge in [0.15, 0.2) is 0 Å². The summed E-state index contributed by atoms with van der Waals surface area (Å²) in [5.41, 5.74) is 10.8. The molecule has 4 nitrogen and oxygen atoms in total. The second-order valence-electron chi connectivity index (χ2n) is 4.01. The second kappa shape index (κ2) is 3.96. The molecule has 0 aliphatic rings.